The Hall–Kier alpha value is -3.41. The number of ketones is 1. The fourth-order valence-corrected chi connectivity index (χ4v) is 4.59. The van der Waals surface area contributed by atoms with Crippen LogP contribution in [-0.4, -0.2) is 30.0 Å². The van der Waals surface area contributed by atoms with Crippen molar-refractivity contribution in [1.82, 2.24) is 10.3 Å². The lowest BCUT2D eigenvalue weighted by Crippen LogP contribution is -2.36. The minimum Gasteiger partial charge on any atom is -0.497 e. The van der Waals surface area contributed by atoms with E-state index < -0.39 is 11.9 Å². The lowest BCUT2D eigenvalue weighted by Gasteiger charge is -2.36. The number of ether oxygens (including phenoxy) is 2. The van der Waals surface area contributed by atoms with Gasteiger partial charge >= 0.3 is 5.97 Å². The number of nitrogens with one attached hydrogen (secondary N) is 1. The second-order valence-corrected chi connectivity index (χ2v) is 8.53. The number of allylic oxidation sites excluding steroid dienone is 3. The van der Waals surface area contributed by atoms with Crippen LogP contribution < -0.4 is 10.1 Å². The minimum atomic E-state index is -0.468. The minimum absolute atomic E-state index is 0.0451. The number of hydrogen-bond acceptors (Lipinski definition) is 6. The number of aromatic nitrogens is 1. The Kier molecular flexibility index (Phi) is 6.12. The van der Waals surface area contributed by atoms with E-state index in [2.05, 4.69) is 10.3 Å². The fourth-order valence-electron chi connectivity index (χ4n) is 4.59. The molecule has 1 aliphatic heterocycles. The van der Waals surface area contributed by atoms with Gasteiger partial charge < -0.3 is 14.8 Å². The van der Waals surface area contributed by atoms with Crippen molar-refractivity contribution in [2.45, 2.75) is 51.6 Å². The molecule has 32 heavy (non-hydrogen) atoms. The fraction of sp³-hybridized carbons (Fsp3) is 0.346. The molecule has 0 unspecified atom stereocenters. The number of carbonyl (C=O) groups is 2. The van der Waals surface area contributed by atoms with Crippen LogP contribution in [0.25, 0.3) is 0 Å². The van der Waals surface area contributed by atoms with E-state index in [0.29, 0.717) is 24.0 Å². The van der Waals surface area contributed by atoms with Crippen LogP contribution in [0, 0.1) is 0 Å². The third kappa shape index (κ3) is 4.17. The van der Waals surface area contributed by atoms with Crippen LogP contribution in [0.2, 0.25) is 0 Å². The maximum Gasteiger partial charge on any atom is 0.337 e. The monoisotopic (exact) mass is 432 g/mol. The van der Waals surface area contributed by atoms with Crippen LogP contribution in [-0.2, 0) is 14.3 Å². The highest BCUT2D eigenvalue weighted by Gasteiger charge is 2.41. The second kappa shape index (κ2) is 8.99. The molecule has 166 valence electrons. The molecule has 6 heteroatoms. The maximum absolute atomic E-state index is 13.5. The van der Waals surface area contributed by atoms with E-state index in [9.17, 15) is 9.59 Å². The van der Waals surface area contributed by atoms with Gasteiger partial charge in [0.15, 0.2) is 5.78 Å². The predicted octanol–water partition coefficient (Wildman–Crippen LogP) is 4.40. The Morgan fingerprint density at radius 3 is 2.38 bits per heavy atom. The van der Waals surface area contributed by atoms with E-state index in [4.69, 9.17) is 9.47 Å². The summed E-state index contributed by atoms with van der Waals surface area (Å²) >= 11 is 0. The van der Waals surface area contributed by atoms with Crippen molar-refractivity contribution in [3.8, 4) is 5.75 Å². The Balaban J connectivity index is 1.74. The number of esters is 1. The van der Waals surface area contributed by atoms with Crippen LogP contribution in [0.3, 0.4) is 0 Å². The van der Waals surface area contributed by atoms with Gasteiger partial charge in [0, 0.05) is 41.7 Å². The van der Waals surface area contributed by atoms with Gasteiger partial charge in [0.2, 0.25) is 0 Å². The number of benzene rings is 1. The zero-order valence-corrected chi connectivity index (χ0v) is 18.8. The van der Waals surface area contributed by atoms with Crippen LogP contribution >= 0.6 is 0 Å². The SMILES string of the molecule is COc1ccc([C@@H]2CC(=O)C3=C(C2)NC(C)=C(C(=O)OC(C)C)[C@H]3c2ccncc2)cc1. The van der Waals surface area contributed by atoms with Crippen molar-refractivity contribution < 1.29 is 19.1 Å². The average Bonchev–Trinajstić information content (AvgIpc) is 2.78. The first-order chi connectivity index (χ1) is 15.4. The molecule has 1 aromatic carbocycles. The lowest BCUT2D eigenvalue weighted by atomic mass is 9.72. The molecule has 0 radical (unpaired) electrons. The summed E-state index contributed by atoms with van der Waals surface area (Å²) in [4.78, 5) is 30.7. The first-order valence-electron chi connectivity index (χ1n) is 10.9. The summed E-state index contributed by atoms with van der Waals surface area (Å²) in [5, 5.41) is 3.37. The average molecular weight is 433 g/mol. The Labute approximate surface area is 188 Å². The molecule has 0 spiro atoms. The maximum atomic E-state index is 13.5. The van der Waals surface area contributed by atoms with Crippen molar-refractivity contribution in [2.75, 3.05) is 7.11 Å². The van der Waals surface area contributed by atoms with E-state index in [1.165, 1.54) is 0 Å². The molecule has 2 atom stereocenters. The van der Waals surface area contributed by atoms with Gasteiger partial charge in [0.05, 0.1) is 18.8 Å². The number of hydrogen-bond donors (Lipinski definition) is 1. The van der Waals surface area contributed by atoms with Crippen molar-refractivity contribution in [2.24, 2.45) is 0 Å². The number of dihydropyridines is 1. The van der Waals surface area contributed by atoms with Crippen molar-refractivity contribution >= 4 is 11.8 Å². The highest BCUT2D eigenvalue weighted by Crippen LogP contribution is 2.45. The molecular formula is C26H28N2O4. The van der Waals surface area contributed by atoms with E-state index in [1.807, 2.05) is 57.2 Å². The van der Waals surface area contributed by atoms with Crippen LogP contribution in [0.5, 0.6) is 5.75 Å². The standard InChI is InChI=1S/C26H28N2O4/c1-15(2)32-26(30)23-16(3)28-21-13-19(17-5-7-20(31-4)8-6-17)14-22(29)25(21)24(23)18-9-11-27-12-10-18/h5-12,15,19,24,28H,13-14H2,1-4H3/t19-,24+/m0/s1. The molecule has 0 saturated carbocycles. The van der Waals surface area contributed by atoms with E-state index in [1.54, 1.807) is 19.5 Å². The Morgan fingerprint density at radius 2 is 1.75 bits per heavy atom. The summed E-state index contributed by atoms with van der Waals surface area (Å²) in [7, 11) is 1.64. The summed E-state index contributed by atoms with van der Waals surface area (Å²) < 4.78 is 10.8. The van der Waals surface area contributed by atoms with Crippen molar-refractivity contribution in [1.29, 1.82) is 0 Å². The normalized spacial score (nSPS) is 20.7. The quantitative estimate of drug-likeness (QED) is 0.706. The number of rotatable bonds is 5. The molecule has 2 aromatic rings. The van der Waals surface area contributed by atoms with Gasteiger partial charge in [-0.3, -0.25) is 9.78 Å². The van der Waals surface area contributed by atoms with E-state index in [-0.39, 0.29) is 17.8 Å². The zero-order valence-electron chi connectivity index (χ0n) is 18.8. The summed E-state index contributed by atoms with van der Waals surface area (Å²) in [5.74, 6) is 0.0307. The molecule has 1 aliphatic carbocycles. The molecule has 4 rings (SSSR count). The van der Waals surface area contributed by atoms with Crippen LogP contribution in [0.1, 0.15) is 56.6 Å². The third-order valence-corrected chi connectivity index (χ3v) is 6.02. The molecule has 0 fully saturated rings. The predicted molar refractivity (Wildman–Crippen MR) is 121 cm³/mol. The van der Waals surface area contributed by atoms with Gasteiger partial charge in [0.1, 0.15) is 5.75 Å². The van der Waals surface area contributed by atoms with E-state index in [0.717, 1.165) is 28.3 Å². The number of carbonyl (C=O) groups excluding carboxylic acids is 2. The van der Waals surface area contributed by atoms with Crippen LogP contribution in [0.4, 0.5) is 0 Å². The highest BCUT2D eigenvalue weighted by atomic mass is 16.5. The summed E-state index contributed by atoms with van der Waals surface area (Å²) in [5.41, 5.74) is 4.70. The summed E-state index contributed by atoms with van der Waals surface area (Å²) in [6, 6.07) is 11.6. The third-order valence-electron chi connectivity index (χ3n) is 6.02. The topological polar surface area (TPSA) is 77.5 Å². The first kappa shape index (κ1) is 21.8. The Bertz CT molecular complexity index is 1080. The summed E-state index contributed by atoms with van der Waals surface area (Å²) in [6.07, 6.45) is 4.20. The van der Waals surface area contributed by atoms with Gasteiger partial charge in [-0.15, -0.1) is 0 Å². The van der Waals surface area contributed by atoms with Crippen molar-refractivity contribution in [3.05, 3.63) is 82.5 Å². The molecular weight excluding hydrogens is 404 g/mol. The Morgan fingerprint density at radius 1 is 1.06 bits per heavy atom. The van der Waals surface area contributed by atoms with Gasteiger partial charge in [0.25, 0.3) is 0 Å². The smallest absolute Gasteiger partial charge is 0.337 e. The molecule has 1 aromatic heterocycles. The molecule has 2 heterocycles. The second-order valence-electron chi connectivity index (χ2n) is 8.53. The largest absolute Gasteiger partial charge is 0.497 e. The molecule has 2 aliphatic rings. The molecule has 0 amide bonds. The molecule has 0 bridgehead atoms. The van der Waals surface area contributed by atoms with E-state index >= 15 is 0 Å². The zero-order chi connectivity index (χ0) is 22.8. The van der Waals surface area contributed by atoms with Gasteiger partial charge in [-0.05, 0) is 68.5 Å². The first-order valence-corrected chi connectivity index (χ1v) is 10.9. The van der Waals surface area contributed by atoms with Gasteiger partial charge in [-0.1, -0.05) is 12.1 Å². The van der Waals surface area contributed by atoms with Gasteiger partial charge in [-0.25, -0.2) is 4.79 Å². The number of nitrogens with zero attached hydrogens (tertiary/aromatic N) is 1. The molecule has 0 saturated heterocycles. The summed E-state index contributed by atoms with van der Waals surface area (Å²) in [6.45, 7) is 5.51. The van der Waals surface area contributed by atoms with Gasteiger partial charge in [-0.2, -0.15) is 0 Å². The highest BCUT2D eigenvalue weighted by molar-refractivity contribution is 6.04. The van der Waals surface area contributed by atoms with Crippen molar-refractivity contribution in [3.63, 3.8) is 0 Å². The number of pyridine rings is 1. The van der Waals surface area contributed by atoms with Crippen LogP contribution in [0.15, 0.2) is 71.3 Å². The molecule has 6 nitrogen and oxygen atoms in total. The number of methoxy groups -OCH3 is 1. The number of Topliss-reactive ketones (excluding diaryl/α,β-unsaturated/α-hetero) is 1. The lowest BCUT2D eigenvalue weighted by molar-refractivity contribution is -0.143. The molecule has 1 N–H and O–H groups in total.